The van der Waals surface area contributed by atoms with Crippen LogP contribution in [0.4, 0.5) is 0 Å². The van der Waals surface area contributed by atoms with E-state index < -0.39 is 112 Å². The predicted octanol–water partition coefficient (Wildman–Crippen LogP) is 2.00. The first-order valence-corrected chi connectivity index (χ1v) is 22.5. The van der Waals surface area contributed by atoms with Crippen LogP contribution in [0.2, 0.25) is 0 Å². The minimum atomic E-state index is -5.21. The molecule has 27 heteroatoms. The fourth-order valence-corrected chi connectivity index (χ4v) is 7.45. The van der Waals surface area contributed by atoms with Crippen LogP contribution in [0.3, 0.4) is 0 Å². The van der Waals surface area contributed by atoms with Crippen molar-refractivity contribution in [3.8, 4) is 0 Å². The maximum absolute atomic E-state index is 13.0. The van der Waals surface area contributed by atoms with Crippen LogP contribution in [-0.4, -0.2) is 168 Å². The van der Waals surface area contributed by atoms with Crippen molar-refractivity contribution in [1.29, 1.82) is 0 Å². The van der Waals surface area contributed by atoms with Crippen molar-refractivity contribution in [2.24, 2.45) is 0 Å². The van der Waals surface area contributed by atoms with Crippen LogP contribution in [0.1, 0.15) is 90.0 Å². The molecule has 0 aliphatic heterocycles. The van der Waals surface area contributed by atoms with E-state index in [0.29, 0.717) is 0 Å². The number of ether oxygens (including phenoxy) is 4. The van der Waals surface area contributed by atoms with Crippen LogP contribution in [0, 0.1) is 0 Å². The van der Waals surface area contributed by atoms with Gasteiger partial charge in [0.05, 0.1) is 51.4 Å². The van der Waals surface area contributed by atoms with Gasteiger partial charge in [-0.1, -0.05) is 13.8 Å². The molecule has 21 nitrogen and oxygen atoms in total. The molecular weight excluding hydrogens is 1090 g/mol. The van der Waals surface area contributed by atoms with Gasteiger partial charge < -0.3 is 68.8 Å². The van der Waals surface area contributed by atoms with Crippen molar-refractivity contribution in [1.82, 2.24) is 0 Å². The second-order valence-corrected chi connectivity index (χ2v) is 22.0. The summed E-state index contributed by atoms with van der Waals surface area (Å²) in [7, 11) is -11.1. The maximum atomic E-state index is 13.0. The molecular formula is C33H71O21P3Y3. The fraction of sp³-hybridized carbons (Fsp3) is 1.00. The summed E-state index contributed by atoms with van der Waals surface area (Å²) in [4.78, 5) is 31.1. The zero-order chi connectivity index (χ0) is 45.8. The Labute approximate surface area is 430 Å². The first kappa shape index (κ1) is 69.8. The number of rotatable bonds is 28. The van der Waals surface area contributed by atoms with E-state index in [1.165, 1.54) is 41.7 Å². The number of hydrogen-bond acceptors (Lipinski definition) is 18. The normalized spacial score (nSPS) is 24.4. The smallest absolute Gasteiger partial charge is 0.385 e. The topological polar surface area (TPSA) is 316 Å². The van der Waals surface area contributed by atoms with Crippen LogP contribution in [0.15, 0.2) is 0 Å². The molecule has 0 spiro atoms. The van der Waals surface area contributed by atoms with Crippen LogP contribution in [0.5, 0.6) is 0 Å². The Bertz CT molecular complexity index is 1450. The average Bonchev–Trinajstić information content (AvgIpc) is 3.09. The van der Waals surface area contributed by atoms with E-state index in [4.69, 9.17) is 41.6 Å². The Morgan fingerprint density at radius 3 is 0.900 bits per heavy atom. The zero-order valence-electron chi connectivity index (χ0n) is 37.9. The van der Waals surface area contributed by atoms with Gasteiger partial charge in [0.15, 0.2) is 0 Å². The largest absolute Gasteiger partial charge is 0.472 e. The van der Waals surface area contributed by atoms with Gasteiger partial charge in [-0.2, -0.15) is 0 Å². The fourth-order valence-electron chi connectivity index (χ4n) is 4.92. The molecule has 0 rings (SSSR count). The molecule has 0 aromatic heterocycles. The average molecular weight is 1160 g/mol. The summed E-state index contributed by atoms with van der Waals surface area (Å²) in [6, 6.07) is 0. The van der Waals surface area contributed by atoms with E-state index in [-0.39, 0.29) is 111 Å². The van der Waals surface area contributed by atoms with Crippen molar-refractivity contribution in [3.05, 3.63) is 0 Å². The molecule has 0 bridgehead atoms. The summed E-state index contributed by atoms with van der Waals surface area (Å²) < 4.78 is 85.3. The minimum absolute atomic E-state index is 0. The van der Waals surface area contributed by atoms with E-state index in [2.05, 4.69) is 0 Å². The van der Waals surface area contributed by atoms with Gasteiger partial charge in [0, 0.05) is 119 Å². The van der Waals surface area contributed by atoms with Gasteiger partial charge in [-0.05, 0) is 76.2 Å². The summed E-state index contributed by atoms with van der Waals surface area (Å²) in [5, 5.41) is 67.9. The van der Waals surface area contributed by atoms with Crippen LogP contribution in [0.25, 0.3) is 0 Å². The molecule has 3 radical (unpaired) electrons. The molecule has 0 aromatic rings. The van der Waals surface area contributed by atoms with E-state index >= 15 is 0 Å². The van der Waals surface area contributed by atoms with Crippen molar-refractivity contribution >= 4 is 23.2 Å². The van der Waals surface area contributed by atoms with E-state index in [1.54, 1.807) is 13.8 Å². The summed E-state index contributed by atoms with van der Waals surface area (Å²) in [6.07, 6.45) is -0.260. The van der Waals surface area contributed by atoms with Gasteiger partial charge in [0.25, 0.3) is 0 Å². The van der Waals surface area contributed by atoms with E-state index in [0.717, 1.165) is 55.8 Å². The summed E-state index contributed by atoms with van der Waals surface area (Å²) in [5.74, 6) is 0. The number of hydrogen-bond donors (Lipinski definition) is 9. The number of phosphoric ester groups is 2. The minimum Gasteiger partial charge on any atom is -0.385 e. The molecule has 0 saturated carbocycles. The van der Waals surface area contributed by atoms with Crippen LogP contribution >= 0.6 is 23.2 Å². The Kier molecular flexibility index (Phi) is 29.4. The SMILES string of the molecule is CO[C@@](C)(COC(C)C)[C@](C)(O)[C@](C)(O)COP(=O)(O)OC[C@](C)(OC)[C@](C)(O)[C@](C)(O)COP(=O)(O)OC[C@](C)(OC)[C@](C)(O)[C@](C)(O)COP(=O)(O)C(C)C.[Y].[Y].[Y]. The number of methoxy groups -OCH3 is 3. The third kappa shape index (κ3) is 17.4. The molecule has 0 aromatic carbocycles. The molecule has 0 heterocycles. The number of aliphatic hydroxyl groups is 6. The molecule has 9 N–H and O–H groups in total. The monoisotopic (exact) mass is 1160 g/mol. The zero-order valence-corrected chi connectivity index (χ0v) is 49.1. The Hall–Kier alpha value is 3.28. The summed E-state index contributed by atoms with van der Waals surface area (Å²) in [5.41, 5.74) is -20.6. The molecule has 12 atom stereocenters. The molecule has 0 aliphatic rings. The van der Waals surface area contributed by atoms with Crippen LogP contribution < -0.4 is 0 Å². The second-order valence-electron chi connectivity index (χ2n) is 16.7. The molecule has 0 aliphatic carbocycles. The molecule has 0 saturated heterocycles. The van der Waals surface area contributed by atoms with Gasteiger partial charge in [0.1, 0.15) is 50.4 Å². The third-order valence-electron chi connectivity index (χ3n) is 11.5. The molecule has 0 fully saturated rings. The third-order valence-corrected chi connectivity index (χ3v) is 15.1. The Morgan fingerprint density at radius 2 is 0.667 bits per heavy atom. The summed E-state index contributed by atoms with van der Waals surface area (Å²) in [6.45, 7) is 11.5. The van der Waals surface area contributed by atoms with Crippen molar-refractivity contribution < 1.29 is 199 Å². The Balaban J connectivity index is -0.00000523. The predicted molar refractivity (Wildman–Crippen MR) is 205 cm³/mol. The van der Waals surface area contributed by atoms with Crippen LogP contribution in [-0.2, 0) is 153 Å². The molecule has 0 amide bonds. The van der Waals surface area contributed by atoms with Crippen molar-refractivity contribution in [3.63, 3.8) is 0 Å². The van der Waals surface area contributed by atoms with Gasteiger partial charge >= 0.3 is 23.2 Å². The van der Waals surface area contributed by atoms with Crippen molar-refractivity contribution in [2.45, 2.75) is 152 Å². The maximum Gasteiger partial charge on any atom is 0.472 e. The molecule has 3 unspecified atom stereocenters. The van der Waals surface area contributed by atoms with Gasteiger partial charge in [-0.3, -0.25) is 22.7 Å². The molecule has 60 heavy (non-hydrogen) atoms. The second kappa shape index (κ2) is 25.2. The summed E-state index contributed by atoms with van der Waals surface area (Å²) >= 11 is 0. The molecule has 353 valence electrons. The van der Waals surface area contributed by atoms with Gasteiger partial charge in [-0.15, -0.1) is 0 Å². The number of phosphoric acid groups is 2. The standard InChI is InChI=1S/C33H71O21P3.3Y/c1-23(2)49-20-28(8,46-14)31(11,37)26(6,35)18-51-56(42,43)54-22-30(10,48-16)33(13,39)27(7,36)19-52-57(44,45)53-21-29(9,47-15)32(12,38)25(5,34)17-50-55(40,41)24(3)4;;;/h23-24,34-39H,17-22H2,1-16H3,(H,40,41)(H,42,43)(H,44,45);;;/t25-,26-,27-,28+,29+,30+,31-,32-,33-;;;/m1.../s1. The van der Waals surface area contributed by atoms with E-state index in [9.17, 15) is 59.0 Å². The van der Waals surface area contributed by atoms with E-state index in [1.807, 2.05) is 0 Å². The van der Waals surface area contributed by atoms with Gasteiger partial charge in [0.2, 0.25) is 0 Å². The Morgan fingerprint density at radius 1 is 0.433 bits per heavy atom. The first-order valence-electron chi connectivity index (χ1n) is 17.9. The van der Waals surface area contributed by atoms with Crippen molar-refractivity contribution in [2.75, 3.05) is 61.0 Å². The quantitative estimate of drug-likeness (QED) is 0.0506. The first-order chi connectivity index (χ1) is 25.1. The van der Waals surface area contributed by atoms with Gasteiger partial charge in [-0.25, -0.2) is 9.13 Å².